The first kappa shape index (κ1) is 10.4. The molecule has 0 amide bonds. The van der Waals surface area contributed by atoms with Crippen molar-refractivity contribution >= 4 is 0 Å². The molecule has 82 valence electrons. The van der Waals surface area contributed by atoms with Gasteiger partial charge in [0.2, 0.25) is 0 Å². The minimum Gasteiger partial charge on any atom is -0.314 e. The maximum Gasteiger partial charge on any atom is 0.0195 e. The average Bonchev–Trinajstić information content (AvgIpc) is 2.20. The van der Waals surface area contributed by atoms with Crippen LogP contribution in [0.4, 0.5) is 0 Å². The Kier molecular flexibility index (Phi) is 3.45. The second-order valence-corrected chi connectivity index (χ2v) is 5.20. The predicted octanol–water partition coefficient (Wildman–Crippen LogP) is 1.86. The van der Waals surface area contributed by atoms with Gasteiger partial charge in [-0.3, -0.25) is 4.90 Å². The molecular formula is C12H24N2. The highest BCUT2D eigenvalue weighted by Crippen LogP contribution is 2.28. The summed E-state index contributed by atoms with van der Waals surface area (Å²) in [7, 11) is 0. The van der Waals surface area contributed by atoms with Crippen LogP contribution in [0.1, 0.15) is 39.5 Å². The lowest BCUT2D eigenvalue weighted by Gasteiger charge is -2.42. The van der Waals surface area contributed by atoms with Crippen LogP contribution in [0.15, 0.2) is 0 Å². The number of hydrogen-bond donors (Lipinski definition) is 1. The molecule has 1 atom stereocenters. The van der Waals surface area contributed by atoms with E-state index in [0.29, 0.717) is 0 Å². The molecule has 2 fully saturated rings. The second-order valence-electron chi connectivity index (χ2n) is 5.20. The van der Waals surface area contributed by atoms with Crippen molar-refractivity contribution in [3.63, 3.8) is 0 Å². The molecule has 0 aromatic heterocycles. The quantitative estimate of drug-likeness (QED) is 0.688. The van der Waals surface area contributed by atoms with Gasteiger partial charge in [0.15, 0.2) is 0 Å². The van der Waals surface area contributed by atoms with Gasteiger partial charge in [0, 0.05) is 31.7 Å². The number of rotatable bonds is 1. The molecule has 0 spiro atoms. The third-order valence-electron chi connectivity index (χ3n) is 4.01. The zero-order chi connectivity index (χ0) is 9.97. The van der Waals surface area contributed by atoms with Crippen LogP contribution in [0.5, 0.6) is 0 Å². The first-order valence-corrected chi connectivity index (χ1v) is 6.24. The van der Waals surface area contributed by atoms with Gasteiger partial charge < -0.3 is 5.32 Å². The van der Waals surface area contributed by atoms with Crippen molar-refractivity contribution < 1.29 is 0 Å². The first-order chi connectivity index (χ1) is 6.77. The monoisotopic (exact) mass is 196 g/mol. The lowest BCUT2D eigenvalue weighted by Crippen LogP contribution is -2.54. The summed E-state index contributed by atoms with van der Waals surface area (Å²) < 4.78 is 0. The molecule has 0 aromatic carbocycles. The smallest absolute Gasteiger partial charge is 0.0195 e. The van der Waals surface area contributed by atoms with E-state index >= 15 is 0 Å². The number of hydrogen-bond acceptors (Lipinski definition) is 2. The highest BCUT2D eigenvalue weighted by molar-refractivity contribution is 4.85. The van der Waals surface area contributed by atoms with E-state index in [2.05, 4.69) is 24.1 Å². The van der Waals surface area contributed by atoms with Gasteiger partial charge in [0.1, 0.15) is 0 Å². The Morgan fingerprint density at radius 1 is 1.07 bits per heavy atom. The van der Waals surface area contributed by atoms with E-state index in [-0.39, 0.29) is 0 Å². The highest BCUT2D eigenvalue weighted by Gasteiger charge is 2.28. The predicted molar refractivity (Wildman–Crippen MR) is 60.5 cm³/mol. The molecule has 1 aliphatic heterocycles. The minimum absolute atomic E-state index is 0.752. The summed E-state index contributed by atoms with van der Waals surface area (Å²) in [5.41, 5.74) is 0. The van der Waals surface area contributed by atoms with Gasteiger partial charge >= 0.3 is 0 Å². The van der Waals surface area contributed by atoms with Crippen LogP contribution >= 0.6 is 0 Å². The molecule has 2 nitrogen and oxygen atoms in total. The Balaban J connectivity index is 1.87. The van der Waals surface area contributed by atoms with Crippen molar-refractivity contribution in [2.45, 2.75) is 51.6 Å². The van der Waals surface area contributed by atoms with Crippen molar-refractivity contribution in [1.82, 2.24) is 10.2 Å². The van der Waals surface area contributed by atoms with Crippen molar-refractivity contribution in [3.8, 4) is 0 Å². The molecular weight excluding hydrogens is 172 g/mol. The van der Waals surface area contributed by atoms with Gasteiger partial charge in [0.25, 0.3) is 0 Å². The van der Waals surface area contributed by atoms with Gasteiger partial charge in [-0.2, -0.15) is 0 Å². The molecule has 0 aromatic rings. The summed E-state index contributed by atoms with van der Waals surface area (Å²) in [6, 6.07) is 1.64. The van der Waals surface area contributed by atoms with Crippen LogP contribution in [-0.2, 0) is 0 Å². The van der Waals surface area contributed by atoms with E-state index in [1.165, 1.54) is 45.3 Å². The average molecular weight is 196 g/mol. The first-order valence-electron chi connectivity index (χ1n) is 6.24. The lowest BCUT2D eigenvalue weighted by atomic mass is 9.86. The Morgan fingerprint density at radius 3 is 2.43 bits per heavy atom. The largest absolute Gasteiger partial charge is 0.314 e. The molecule has 14 heavy (non-hydrogen) atoms. The van der Waals surface area contributed by atoms with Gasteiger partial charge in [-0.15, -0.1) is 0 Å². The molecule has 1 aliphatic carbocycles. The maximum absolute atomic E-state index is 3.47. The van der Waals surface area contributed by atoms with E-state index in [4.69, 9.17) is 0 Å². The van der Waals surface area contributed by atoms with Crippen molar-refractivity contribution in [3.05, 3.63) is 0 Å². The van der Waals surface area contributed by atoms with Crippen molar-refractivity contribution in [2.75, 3.05) is 19.6 Å². The Bertz CT molecular complexity index is 173. The fraction of sp³-hybridized carbons (Fsp3) is 1.00. The van der Waals surface area contributed by atoms with Gasteiger partial charge in [0.05, 0.1) is 0 Å². The Hall–Kier alpha value is -0.0800. The van der Waals surface area contributed by atoms with Crippen LogP contribution in [0, 0.1) is 5.92 Å². The number of piperazine rings is 1. The molecule has 2 rings (SSSR count). The molecule has 0 bridgehead atoms. The van der Waals surface area contributed by atoms with Crippen molar-refractivity contribution in [2.24, 2.45) is 5.92 Å². The Morgan fingerprint density at radius 2 is 1.79 bits per heavy atom. The van der Waals surface area contributed by atoms with Gasteiger partial charge in [-0.05, 0) is 38.5 Å². The van der Waals surface area contributed by atoms with Gasteiger partial charge in [-0.1, -0.05) is 6.92 Å². The van der Waals surface area contributed by atoms with Crippen molar-refractivity contribution in [1.29, 1.82) is 0 Å². The summed E-state index contributed by atoms with van der Waals surface area (Å²) in [5, 5.41) is 3.47. The van der Waals surface area contributed by atoms with E-state index < -0.39 is 0 Å². The van der Waals surface area contributed by atoms with Crippen LogP contribution in [0.2, 0.25) is 0 Å². The normalized spacial score (nSPS) is 41.1. The summed E-state index contributed by atoms with van der Waals surface area (Å²) in [4.78, 5) is 2.74. The lowest BCUT2D eigenvalue weighted by molar-refractivity contribution is 0.0818. The van der Waals surface area contributed by atoms with Crippen LogP contribution in [0.25, 0.3) is 0 Å². The molecule has 1 N–H and O–H groups in total. The van der Waals surface area contributed by atoms with E-state index in [1.807, 2.05) is 0 Å². The standard InChI is InChI=1S/C12H24N2/c1-10-3-5-12(6-4-10)14-8-7-13-9-11(14)2/h10-13H,3-9H2,1-2H3. The van der Waals surface area contributed by atoms with Gasteiger partial charge in [-0.25, -0.2) is 0 Å². The molecule has 1 heterocycles. The molecule has 1 saturated carbocycles. The van der Waals surface area contributed by atoms with Crippen LogP contribution < -0.4 is 5.32 Å². The third kappa shape index (κ3) is 2.29. The molecule has 2 aliphatic rings. The summed E-state index contributed by atoms with van der Waals surface area (Å²) in [6.07, 6.45) is 5.76. The van der Waals surface area contributed by atoms with E-state index in [1.54, 1.807) is 0 Å². The van der Waals surface area contributed by atoms with Crippen LogP contribution in [-0.4, -0.2) is 36.6 Å². The topological polar surface area (TPSA) is 15.3 Å². The summed E-state index contributed by atoms with van der Waals surface area (Å²) >= 11 is 0. The Labute approximate surface area is 88.1 Å². The SMILES string of the molecule is CC1CCC(N2CCNCC2C)CC1. The van der Waals surface area contributed by atoms with E-state index in [0.717, 1.165) is 18.0 Å². The summed E-state index contributed by atoms with van der Waals surface area (Å²) in [5.74, 6) is 0.976. The summed E-state index contributed by atoms with van der Waals surface area (Å²) in [6.45, 7) is 8.41. The highest BCUT2D eigenvalue weighted by atomic mass is 15.2. The minimum atomic E-state index is 0.752. The molecule has 0 radical (unpaired) electrons. The molecule has 2 heteroatoms. The molecule has 1 unspecified atom stereocenters. The maximum atomic E-state index is 3.47. The van der Waals surface area contributed by atoms with Crippen LogP contribution in [0.3, 0.4) is 0 Å². The number of nitrogens with zero attached hydrogens (tertiary/aromatic N) is 1. The fourth-order valence-electron chi connectivity index (χ4n) is 2.97. The second kappa shape index (κ2) is 4.63. The zero-order valence-electron chi connectivity index (χ0n) is 9.63. The molecule has 1 saturated heterocycles. The van der Waals surface area contributed by atoms with E-state index in [9.17, 15) is 0 Å². The number of nitrogens with one attached hydrogen (secondary N) is 1. The fourth-order valence-corrected chi connectivity index (χ4v) is 2.97. The third-order valence-corrected chi connectivity index (χ3v) is 4.01. The zero-order valence-corrected chi connectivity index (χ0v) is 9.63.